The largest absolute Gasteiger partial charge is 0.294 e. The maximum absolute atomic E-state index is 11.8. The molecule has 0 saturated carbocycles. The molecule has 4 nitrogen and oxygen atoms in total. The molecule has 0 unspecified atom stereocenters. The van der Waals surface area contributed by atoms with Gasteiger partial charge >= 0.3 is 0 Å². The number of carbonyl (C=O) groups excluding carboxylic acids is 2. The fourth-order valence-electron chi connectivity index (χ4n) is 2.25. The average molecular weight is 260 g/mol. The van der Waals surface area contributed by atoms with Crippen LogP contribution in [0, 0.1) is 5.92 Å². The van der Waals surface area contributed by atoms with Crippen molar-refractivity contribution in [3.05, 3.63) is 35.9 Å². The fourth-order valence-corrected chi connectivity index (χ4v) is 2.25. The molecule has 1 aliphatic rings. The minimum atomic E-state index is -0.323. The summed E-state index contributed by atoms with van der Waals surface area (Å²) < 4.78 is 0. The Bertz CT molecular complexity index is 437. The molecule has 1 N–H and O–H groups in total. The van der Waals surface area contributed by atoms with Gasteiger partial charge in [0, 0.05) is 5.56 Å². The zero-order valence-corrected chi connectivity index (χ0v) is 11.3. The zero-order chi connectivity index (χ0) is 13.7. The molecule has 2 rings (SSSR count). The van der Waals surface area contributed by atoms with Crippen LogP contribution in [-0.4, -0.2) is 36.3 Å². The normalized spacial score (nSPS) is 17.1. The molecule has 0 atom stereocenters. The summed E-state index contributed by atoms with van der Waals surface area (Å²) in [5.74, 6) is 0.199. The van der Waals surface area contributed by atoms with Crippen LogP contribution >= 0.6 is 0 Å². The molecule has 1 heterocycles. The number of piperidine rings is 1. The second-order valence-corrected chi connectivity index (χ2v) is 5.20. The van der Waals surface area contributed by atoms with Crippen molar-refractivity contribution in [2.75, 3.05) is 19.6 Å². The van der Waals surface area contributed by atoms with Crippen molar-refractivity contribution in [1.82, 2.24) is 10.2 Å². The van der Waals surface area contributed by atoms with Gasteiger partial charge in [0.2, 0.25) is 5.91 Å². The third kappa shape index (κ3) is 4.17. The first-order valence-corrected chi connectivity index (χ1v) is 6.77. The summed E-state index contributed by atoms with van der Waals surface area (Å²) in [5, 5.41) is 2.44. The molecule has 2 amide bonds. The average Bonchev–Trinajstić information content (AvgIpc) is 2.42. The van der Waals surface area contributed by atoms with Crippen LogP contribution in [0.3, 0.4) is 0 Å². The lowest BCUT2D eigenvalue weighted by molar-refractivity contribution is -0.121. The third-order valence-electron chi connectivity index (χ3n) is 3.53. The second-order valence-electron chi connectivity index (χ2n) is 5.20. The maximum atomic E-state index is 11.8. The molecule has 1 fully saturated rings. The SMILES string of the molecule is CC1CCN(CC(=O)NC(=O)c2ccccc2)CC1. The highest BCUT2D eigenvalue weighted by atomic mass is 16.2. The van der Waals surface area contributed by atoms with Crippen LogP contribution < -0.4 is 5.32 Å². The van der Waals surface area contributed by atoms with Crippen LogP contribution in [0.5, 0.6) is 0 Å². The van der Waals surface area contributed by atoms with E-state index in [1.807, 2.05) is 6.07 Å². The highest BCUT2D eigenvalue weighted by molar-refractivity contribution is 6.05. The van der Waals surface area contributed by atoms with Crippen molar-refractivity contribution in [2.24, 2.45) is 5.92 Å². The minimum absolute atomic E-state index is 0.219. The van der Waals surface area contributed by atoms with Gasteiger partial charge in [-0.05, 0) is 44.0 Å². The predicted molar refractivity (Wildman–Crippen MR) is 73.8 cm³/mol. The van der Waals surface area contributed by atoms with Crippen LogP contribution in [-0.2, 0) is 4.79 Å². The number of nitrogens with zero attached hydrogens (tertiary/aromatic N) is 1. The Kier molecular flexibility index (Phi) is 4.68. The summed E-state index contributed by atoms with van der Waals surface area (Å²) in [6, 6.07) is 8.81. The minimum Gasteiger partial charge on any atom is -0.294 e. The molecule has 19 heavy (non-hydrogen) atoms. The Morgan fingerprint density at radius 2 is 1.84 bits per heavy atom. The molecule has 0 radical (unpaired) electrons. The summed E-state index contributed by atoms with van der Waals surface area (Å²) in [6.07, 6.45) is 2.25. The number of nitrogens with one attached hydrogen (secondary N) is 1. The van der Waals surface area contributed by atoms with Crippen molar-refractivity contribution in [3.8, 4) is 0 Å². The molecule has 1 aromatic carbocycles. The molecule has 0 spiro atoms. The number of rotatable bonds is 3. The summed E-state index contributed by atoms with van der Waals surface area (Å²) in [5.41, 5.74) is 0.517. The van der Waals surface area contributed by atoms with Crippen molar-refractivity contribution < 1.29 is 9.59 Å². The van der Waals surface area contributed by atoms with Crippen LogP contribution in [0.4, 0.5) is 0 Å². The topological polar surface area (TPSA) is 49.4 Å². The number of likely N-dealkylation sites (tertiary alicyclic amines) is 1. The molecule has 0 aromatic heterocycles. The van der Waals surface area contributed by atoms with E-state index in [9.17, 15) is 9.59 Å². The van der Waals surface area contributed by atoms with Gasteiger partial charge < -0.3 is 0 Å². The Labute approximate surface area is 113 Å². The van der Waals surface area contributed by atoms with Crippen LogP contribution in [0.25, 0.3) is 0 Å². The first-order valence-electron chi connectivity index (χ1n) is 6.77. The van der Waals surface area contributed by atoms with E-state index in [4.69, 9.17) is 0 Å². The van der Waals surface area contributed by atoms with E-state index >= 15 is 0 Å². The van der Waals surface area contributed by atoms with Gasteiger partial charge in [0.25, 0.3) is 5.91 Å². The van der Waals surface area contributed by atoms with Crippen molar-refractivity contribution in [1.29, 1.82) is 0 Å². The first kappa shape index (κ1) is 13.7. The number of imide groups is 1. The van der Waals surface area contributed by atoms with Gasteiger partial charge in [-0.1, -0.05) is 25.1 Å². The van der Waals surface area contributed by atoms with Crippen LogP contribution in [0.15, 0.2) is 30.3 Å². The van der Waals surface area contributed by atoms with Crippen molar-refractivity contribution >= 4 is 11.8 Å². The Morgan fingerprint density at radius 1 is 1.21 bits per heavy atom. The van der Waals surface area contributed by atoms with Crippen LogP contribution in [0.2, 0.25) is 0 Å². The van der Waals surface area contributed by atoms with E-state index < -0.39 is 0 Å². The number of carbonyl (C=O) groups is 2. The monoisotopic (exact) mass is 260 g/mol. The van der Waals surface area contributed by atoms with Gasteiger partial charge in [0.1, 0.15) is 0 Å². The highest BCUT2D eigenvalue weighted by Gasteiger charge is 2.19. The quantitative estimate of drug-likeness (QED) is 0.899. The predicted octanol–water partition coefficient (Wildman–Crippen LogP) is 1.67. The van der Waals surface area contributed by atoms with Gasteiger partial charge in [0.05, 0.1) is 6.54 Å². The van der Waals surface area contributed by atoms with E-state index in [2.05, 4.69) is 17.1 Å². The molecule has 1 aliphatic heterocycles. The summed E-state index contributed by atoms with van der Waals surface area (Å²) in [4.78, 5) is 25.7. The summed E-state index contributed by atoms with van der Waals surface area (Å²) >= 11 is 0. The number of hydrogen-bond donors (Lipinski definition) is 1. The Morgan fingerprint density at radius 3 is 2.47 bits per heavy atom. The standard InChI is InChI=1S/C15H20N2O2/c1-12-7-9-17(10-8-12)11-14(18)16-15(19)13-5-3-2-4-6-13/h2-6,12H,7-11H2,1H3,(H,16,18,19). The number of hydrogen-bond acceptors (Lipinski definition) is 3. The molecule has 0 aliphatic carbocycles. The first-order chi connectivity index (χ1) is 9.15. The number of amides is 2. The third-order valence-corrected chi connectivity index (χ3v) is 3.53. The fraction of sp³-hybridized carbons (Fsp3) is 0.467. The lowest BCUT2D eigenvalue weighted by Gasteiger charge is -2.29. The highest BCUT2D eigenvalue weighted by Crippen LogP contribution is 2.15. The van der Waals surface area contributed by atoms with E-state index in [0.717, 1.165) is 31.8 Å². The lowest BCUT2D eigenvalue weighted by Crippen LogP contribution is -2.43. The van der Waals surface area contributed by atoms with Gasteiger partial charge in [-0.2, -0.15) is 0 Å². The van der Waals surface area contributed by atoms with E-state index in [1.54, 1.807) is 24.3 Å². The van der Waals surface area contributed by atoms with Crippen molar-refractivity contribution in [3.63, 3.8) is 0 Å². The molecule has 1 saturated heterocycles. The van der Waals surface area contributed by atoms with Gasteiger partial charge in [-0.3, -0.25) is 19.8 Å². The van der Waals surface area contributed by atoms with Gasteiger partial charge in [-0.25, -0.2) is 0 Å². The van der Waals surface area contributed by atoms with E-state index in [1.165, 1.54) is 0 Å². The number of benzene rings is 1. The van der Waals surface area contributed by atoms with Crippen molar-refractivity contribution in [2.45, 2.75) is 19.8 Å². The zero-order valence-electron chi connectivity index (χ0n) is 11.3. The second kappa shape index (κ2) is 6.48. The van der Waals surface area contributed by atoms with E-state index in [-0.39, 0.29) is 11.8 Å². The van der Waals surface area contributed by atoms with E-state index in [0.29, 0.717) is 12.1 Å². The Balaban J connectivity index is 1.80. The summed E-state index contributed by atoms with van der Waals surface area (Å²) in [7, 11) is 0. The molecule has 1 aromatic rings. The molecular formula is C15H20N2O2. The smallest absolute Gasteiger partial charge is 0.257 e. The van der Waals surface area contributed by atoms with Gasteiger partial charge in [-0.15, -0.1) is 0 Å². The lowest BCUT2D eigenvalue weighted by atomic mass is 9.99. The van der Waals surface area contributed by atoms with Crippen LogP contribution in [0.1, 0.15) is 30.1 Å². The molecule has 0 bridgehead atoms. The Hall–Kier alpha value is -1.68. The molecule has 102 valence electrons. The summed E-state index contributed by atoms with van der Waals surface area (Å²) in [6.45, 7) is 4.42. The van der Waals surface area contributed by atoms with Gasteiger partial charge in [0.15, 0.2) is 0 Å². The molecular weight excluding hydrogens is 240 g/mol. The maximum Gasteiger partial charge on any atom is 0.257 e. The molecule has 4 heteroatoms.